The lowest BCUT2D eigenvalue weighted by molar-refractivity contribution is -0.145. The number of rotatable bonds is 6. The van der Waals surface area contributed by atoms with Crippen molar-refractivity contribution in [3.63, 3.8) is 0 Å². The summed E-state index contributed by atoms with van der Waals surface area (Å²) in [4.78, 5) is 51.2. The molecule has 4 aliphatic carbocycles. The van der Waals surface area contributed by atoms with E-state index < -0.39 is 5.97 Å². The van der Waals surface area contributed by atoms with Gasteiger partial charge in [0.2, 0.25) is 17.6 Å². The molecular formula is C20H19NO5S. The zero-order valence-electron chi connectivity index (χ0n) is 14.6. The van der Waals surface area contributed by atoms with Crippen LogP contribution in [0.4, 0.5) is 0 Å². The van der Waals surface area contributed by atoms with E-state index >= 15 is 0 Å². The van der Waals surface area contributed by atoms with Crippen LogP contribution in [-0.2, 0) is 19.1 Å². The predicted molar refractivity (Wildman–Crippen MR) is 95.6 cm³/mol. The molecule has 0 aromatic carbocycles. The Kier molecular flexibility index (Phi) is 3.82. The minimum atomic E-state index is -0.570. The van der Waals surface area contributed by atoms with E-state index in [9.17, 15) is 19.2 Å². The van der Waals surface area contributed by atoms with Crippen molar-refractivity contribution in [1.82, 2.24) is 4.90 Å². The molecule has 1 saturated heterocycles. The third-order valence-electron chi connectivity index (χ3n) is 6.45. The number of carbonyl (C=O) groups is 4. The number of hydrogen-bond acceptors (Lipinski definition) is 6. The summed E-state index contributed by atoms with van der Waals surface area (Å²) in [7, 11) is 0. The standard InChI is InChI=1S/C20H19NO5S/c22-14(15-2-1-7-27-15)9-26-16(23)5-6-21-19(24)17-10-3-4-11(13-8-12(10)13)18(17)20(21)25/h1-4,7,10-13,17-18H,5-6,8-9H2/t10-,11-,12-,13-,17-,18+/m1/s1. The van der Waals surface area contributed by atoms with E-state index in [1.807, 2.05) is 0 Å². The average molecular weight is 385 g/mol. The van der Waals surface area contributed by atoms with Crippen molar-refractivity contribution >= 4 is 34.9 Å². The van der Waals surface area contributed by atoms with E-state index in [1.165, 1.54) is 16.2 Å². The molecule has 27 heavy (non-hydrogen) atoms. The number of nitrogens with zero attached hydrogens (tertiary/aromatic N) is 1. The molecule has 6 nitrogen and oxygen atoms in total. The number of ether oxygens (including phenoxy) is 1. The van der Waals surface area contributed by atoms with Gasteiger partial charge in [-0.3, -0.25) is 24.1 Å². The van der Waals surface area contributed by atoms with E-state index in [4.69, 9.17) is 4.74 Å². The summed E-state index contributed by atoms with van der Waals surface area (Å²) in [6.45, 7) is -0.282. The summed E-state index contributed by atoms with van der Waals surface area (Å²) in [5.41, 5.74) is 0. The minimum Gasteiger partial charge on any atom is -0.457 e. The van der Waals surface area contributed by atoms with Crippen molar-refractivity contribution in [3.05, 3.63) is 34.5 Å². The Balaban J connectivity index is 1.17. The Morgan fingerprint density at radius 3 is 2.37 bits per heavy atom. The maximum atomic E-state index is 12.8. The number of ketones is 1. The number of esters is 1. The molecule has 6 atom stereocenters. The Labute approximate surface area is 160 Å². The van der Waals surface area contributed by atoms with Gasteiger partial charge in [0, 0.05) is 6.54 Å². The van der Waals surface area contributed by atoms with Crippen molar-refractivity contribution in [2.45, 2.75) is 12.8 Å². The average Bonchev–Trinajstić information content (AvgIpc) is 3.25. The van der Waals surface area contributed by atoms with Crippen LogP contribution in [0.1, 0.15) is 22.5 Å². The molecule has 2 bridgehead atoms. The maximum Gasteiger partial charge on any atom is 0.308 e. The zero-order chi connectivity index (χ0) is 18.7. The fraction of sp³-hybridized carbons (Fsp3) is 0.500. The molecule has 2 heterocycles. The first-order chi connectivity index (χ1) is 13.1. The monoisotopic (exact) mass is 385 g/mol. The SMILES string of the molecule is O=C(CCN1C(=O)[C@@H]2[C@@H]3C=C[C@H]([C@H]4C[C@H]34)[C@@H]2C1=O)OCC(=O)c1cccs1. The molecule has 0 unspecified atom stereocenters. The predicted octanol–water partition coefficient (Wildman–Crippen LogP) is 1.92. The number of likely N-dealkylation sites (tertiary alicyclic amines) is 1. The van der Waals surface area contributed by atoms with E-state index in [2.05, 4.69) is 12.2 Å². The lowest BCUT2D eigenvalue weighted by atomic mass is 9.63. The van der Waals surface area contributed by atoms with Gasteiger partial charge >= 0.3 is 5.97 Å². The zero-order valence-corrected chi connectivity index (χ0v) is 15.4. The molecule has 0 spiro atoms. The van der Waals surface area contributed by atoms with E-state index in [0.29, 0.717) is 16.7 Å². The van der Waals surface area contributed by atoms with Crippen molar-refractivity contribution in [2.75, 3.05) is 13.2 Å². The van der Waals surface area contributed by atoms with E-state index in [-0.39, 0.29) is 60.8 Å². The van der Waals surface area contributed by atoms with Gasteiger partial charge in [0.1, 0.15) is 0 Å². The van der Waals surface area contributed by atoms with Gasteiger partial charge in [-0.05, 0) is 41.5 Å². The Morgan fingerprint density at radius 1 is 1.11 bits per heavy atom. The minimum absolute atomic E-state index is 0.0332. The lowest BCUT2D eigenvalue weighted by Crippen LogP contribution is -2.40. The van der Waals surface area contributed by atoms with Gasteiger partial charge in [-0.2, -0.15) is 0 Å². The summed E-state index contributed by atoms with van der Waals surface area (Å²) >= 11 is 1.29. The molecule has 140 valence electrons. The number of imide groups is 1. The maximum absolute atomic E-state index is 12.8. The lowest BCUT2D eigenvalue weighted by Gasteiger charge is -2.37. The second-order valence-electron chi connectivity index (χ2n) is 7.79. The number of allylic oxidation sites excluding steroid dienone is 2. The second-order valence-corrected chi connectivity index (χ2v) is 8.74. The summed E-state index contributed by atoms with van der Waals surface area (Å²) in [6, 6.07) is 3.44. The van der Waals surface area contributed by atoms with Gasteiger partial charge in [-0.25, -0.2) is 0 Å². The first-order valence-corrected chi connectivity index (χ1v) is 10.2. The van der Waals surface area contributed by atoms with E-state index in [0.717, 1.165) is 6.42 Å². The second kappa shape index (κ2) is 6.12. The Morgan fingerprint density at radius 2 is 1.78 bits per heavy atom. The molecule has 2 saturated carbocycles. The Bertz CT molecular complexity index is 824. The Hall–Kier alpha value is -2.28. The highest BCUT2D eigenvalue weighted by atomic mass is 32.1. The van der Waals surface area contributed by atoms with Crippen LogP contribution in [0.25, 0.3) is 0 Å². The van der Waals surface area contributed by atoms with Crippen molar-refractivity contribution in [2.24, 2.45) is 35.5 Å². The molecule has 2 amide bonds. The molecule has 5 aliphatic rings. The van der Waals surface area contributed by atoms with E-state index in [1.54, 1.807) is 17.5 Å². The molecule has 3 fully saturated rings. The number of Topliss-reactive ketones (excluding diaryl/α,β-unsaturated/α-hetero) is 1. The van der Waals surface area contributed by atoms with Crippen LogP contribution in [0.3, 0.4) is 0 Å². The van der Waals surface area contributed by atoms with Crippen LogP contribution in [0.5, 0.6) is 0 Å². The van der Waals surface area contributed by atoms with Gasteiger partial charge in [0.05, 0.1) is 23.1 Å². The molecule has 6 rings (SSSR count). The first-order valence-electron chi connectivity index (χ1n) is 9.32. The third kappa shape index (κ3) is 2.59. The largest absolute Gasteiger partial charge is 0.457 e. The quantitative estimate of drug-likeness (QED) is 0.323. The highest BCUT2D eigenvalue weighted by Crippen LogP contribution is 2.65. The van der Waals surface area contributed by atoms with Crippen LogP contribution >= 0.6 is 11.3 Å². The van der Waals surface area contributed by atoms with Gasteiger partial charge < -0.3 is 4.74 Å². The number of carbonyl (C=O) groups excluding carboxylic acids is 4. The highest BCUT2D eigenvalue weighted by molar-refractivity contribution is 7.12. The summed E-state index contributed by atoms with van der Waals surface area (Å²) in [5.74, 6) is -0.102. The van der Waals surface area contributed by atoms with Gasteiger partial charge in [-0.1, -0.05) is 18.2 Å². The van der Waals surface area contributed by atoms with Gasteiger partial charge in [-0.15, -0.1) is 11.3 Å². The normalized spacial score (nSPS) is 35.2. The van der Waals surface area contributed by atoms with Crippen molar-refractivity contribution < 1.29 is 23.9 Å². The fourth-order valence-electron chi connectivity index (χ4n) is 5.17. The van der Waals surface area contributed by atoms with Crippen molar-refractivity contribution in [1.29, 1.82) is 0 Å². The molecular weight excluding hydrogens is 366 g/mol. The third-order valence-corrected chi connectivity index (χ3v) is 7.36. The molecule has 1 aromatic heterocycles. The number of thiophene rings is 1. The van der Waals surface area contributed by atoms with Crippen LogP contribution < -0.4 is 0 Å². The van der Waals surface area contributed by atoms with Crippen molar-refractivity contribution in [3.8, 4) is 0 Å². The molecule has 1 aliphatic heterocycles. The topological polar surface area (TPSA) is 80.8 Å². The summed E-state index contributed by atoms with van der Waals surface area (Å²) < 4.78 is 5.01. The fourth-order valence-corrected chi connectivity index (χ4v) is 5.82. The molecule has 7 heteroatoms. The molecule has 0 radical (unpaired) electrons. The molecule has 1 aromatic rings. The smallest absolute Gasteiger partial charge is 0.308 e. The molecule has 0 N–H and O–H groups in total. The van der Waals surface area contributed by atoms with Gasteiger partial charge in [0.15, 0.2) is 6.61 Å². The first kappa shape index (κ1) is 16.9. The number of amides is 2. The van der Waals surface area contributed by atoms with Gasteiger partial charge in [0.25, 0.3) is 0 Å². The van der Waals surface area contributed by atoms with Crippen LogP contribution in [0, 0.1) is 35.5 Å². The summed E-state index contributed by atoms with van der Waals surface area (Å²) in [5, 5.41) is 1.78. The van der Waals surface area contributed by atoms with Crippen LogP contribution in [0.15, 0.2) is 29.7 Å². The van der Waals surface area contributed by atoms with Crippen LogP contribution in [-0.4, -0.2) is 41.6 Å². The highest BCUT2D eigenvalue weighted by Gasteiger charge is 2.66. The summed E-state index contributed by atoms with van der Waals surface area (Å²) in [6.07, 6.45) is 5.29. The number of hydrogen-bond donors (Lipinski definition) is 0. The van der Waals surface area contributed by atoms with Crippen LogP contribution in [0.2, 0.25) is 0 Å².